The molecule has 2 unspecified atom stereocenters. The Morgan fingerprint density at radius 1 is 1.59 bits per heavy atom. The summed E-state index contributed by atoms with van der Waals surface area (Å²) in [6.45, 7) is -0.726. The zero-order chi connectivity index (χ0) is 12.8. The quantitative estimate of drug-likeness (QED) is 0.323. The van der Waals surface area contributed by atoms with Crippen molar-refractivity contribution >= 4 is 5.97 Å². The Morgan fingerprint density at radius 2 is 2.29 bits per heavy atom. The minimum absolute atomic E-state index is 0.239. The van der Waals surface area contributed by atoms with Crippen LogP contribution >= 0.6 is 0 Å². The van der Waals surface area contributed by atoms with Crippen LogP contribution in [0.15, 0.2) is 5.11 Å². The van der Waals surface area contributed by atoms with E-state index < -0.39 is 37.1 Å². The number of nitrogens with zero attached hydrogens (tertiary/aromatic N) is 3. The molecule has 0 aromatic heterocycles. The van der Waals surface area contributed by atoms with Crippen LogP contribution in [-0.4, -0.2) is 38.3 Å². The van der Waals surface area contributed by atoms with Crippen molar-refractivity contribution in [2.75, 3.05) is 13.7 Å². The first-order valence-electron chi connectivity index (χ1n) is 5.10. The smallest absolute Gasteiger partial charge is 0.308 e. The summed E-state index contributed by atoms with van der Waals surface area (Å²) >= 11 is 0. The van der Waals surface area contributed by atoms with Crippen LogP contribution < -0.4 is 0 Å². The number of methoxy groups -OCH3 is 1. The van der Waals surface area contributed by atoms with Gasteiger partial charge in [-0.05, 0) is 18.4 Å². The second kappa shape index (κ2) is 6.36. The van der Waals surface area contributed by atoms with E-state index in [1.54, 1.807) is 0 Å². The second-order valence-corrected chi connectivity index (χ2v) is 3.73. The molecule has 3 atom stereocenters. The van der Waals surface area contributed by atoms with Gasteiger partial charge in [-0.3, -0.25) is 4.79 Å². The van der Waals surface area contributed by atoms with Crippen LogP contribution in [0.5, 0.6) is 0 Å². The molecule has 96 valence electrons. The number of rotatable bonds is 5. The largest absolute Gasteiger partial charge is 0.469 e. The molecule has 0 aliphatic heterocycles. The van der Waals surface area contributed by atoms with Gasteiger partial charge in [0, 0.05) is 4.91 Å². The van der Waals surface area contributed by atoms with E-state index in [0.717, 1.165) is 0 Å². The average Bonchev–Trinajstić information content (AvgIpc) is 2.69. The topological polar surface area (TPSA) is 84.3 Å². The van der Waals surface area contributed by atoms with Gasteiger partial charge in [0.25, 0.3) is 6.43 Å². The van der Waals surface area contributed by atoms with Gasteiger partial charge in [0.1, 0.15) is 6.61 Å². The third-order valence-corrected chi connectivity index (χ3v) is 2.64. The molecule has 1 aliphatic rings. The maximum atomic E-state index is 12.0. The van der Waals surface area contributed by atoms with E-state index in [1.807, 2.05) is 0 Å². The van der Waals surface area contributed by atoms with Gasteiger partial charge in [0.15, 0.2) is 0 Å². The molecule has 0 spiro atoms. The highest BCUT2D eigenvalue weighted by atomic mass is 19.3. The lowest BCUT2D eigenvalue weighted by atomic mass is 10.1. The predicted octanol–water partition coefficient (Wildman–Crippen LogP) is 1.90. The third kappa shape index (κ3) is 3.83. The van der Waals surface area contributed by atoms with Gasteiger partial charge < -0.3 is 9.47 Å². The first kappa shape index (κ1) is 13.7. The van der Waals surface area contributed by atoms with Crippen LogP contribution in [0.3, 0.4) is 0 Å². The Balaban J connectivity index is 2.60. The fraction of sp³-hybridized carbons (Fsp3) is 0.889. The van der Waals surface area contributed by atoms with Crippen molar-refractivity contribution in [3.8, 4) is 0 Å². The number of carbonyl (C=O) groups excluding carboxylic acids is 1. The van der Waals surface area contributed by atoms with Gasteiger partial charge >= 0.3 is 5.97 Å². The summed E-state index contributed by atoms with van der Waals surface area (Å²) in [7, 11) is 1.25. The summed E-state index contributed by atoms with van der Waals surface area (Å²) in [5.74, 6) is -0.899. The van der Waals surface area contributed by atoms with Crippen LogP contribution in [-0.2, 0) is 14.3 Å². The molecule has 0 bridgehead atoms. The summed E-state index contributed by atoms with van der Waals surface area (Å²) in [5, 5.41) is 3.45. The normalized spacial score (nSPS) is 27.9. The van der Waals surface area contributed by atoms with E-state index in [0.29, 0.717) is 0 Å². The van der Waals surface area contributed by atoms with Crippen LogP contribution in [0, 0.1) is 5.92 Å². The summed E-state index contributed by atoms with van der Waals surface area (Å²) in [4.78, 5) is 13.9. The molecule has 1 fully saturated rings. The van der Waals surface area contributed by atoms with Crippen LogP contribution in [0.4, 0.5) is 8.78 Å². The fourth-order valence-electron chi connectivity index (χ4n) is 1.90. The van der Waals surface area contributed by atoms with Gasteiger partial charge in [0.2, 0.25) is 0 Å². The monoisotopic (exact) mass is 249 g/mol. The van der Waals surface area contributed by atoms with E-state index in [2.05, 4.69) is 14.8 Å². The number of azide groups is 1. The minimum Gasteiger partial charge on any atom is -0.469 e. The van der Waals surface area contributed by atoms with Gasteiger partial charge in [-0.2, -0.15) is 0 Å². The molecule has 6 nitrogen and oxygen atoms in total. The van der Waals surface area contributed by atoms with Crippen molar-refractivity contribution in [3.63, 3.8) is 0 Å². The number of ether oxygens (including phenoxy) is 2. The molecule has 0 aromatic rings. The molecule has 0 saturated heterocycles. The van der Waals surface area contributed by atoms with Gasteiger partial charge in [-0.15, -0.1) is 0 Å². The molecule has 8 heteroatoms. The minimum atomic E-state index is -2.58. The van der Waals surface area contributed by atoms with E-state index in [1.165, 1.54) is 7.11 Å². The zero-order valence-electron chi connectivity index (χ0n) is 9.25. The molecule has 0 amide bonds. The number of halogens is 2. The molecule has 17 heavy (non-hydrogen) atoms. The van der Waals surface area contributed by atoms with Gasteiger partial charge in [-0.1, -0.05) is 5.11 Å². The Kier molecular flexibility index (Phi) is 5.11. The van der Waals surface area contributed by atoms with Crippen LogP contribution in [0.2, 0.25) is 0 Å². The van der Waals surface area contributed by atoms with E-state index in [9.17, 15) is 13.6 Å². The first-order valence-corrected chi connectivity index (χ1v) is 5.10. The molecule has 1 rings (SSSR count). The molecule has 0 N–H and O–H groups in total. The van der Waals surface area contributed by atoms with Crippen molar-refractivity contribution in [1.82, 2.24) is 0 Å². The Morgan fingerprint density at radius 3 is 2.82 bits per heavy atom. The Bertz CT molecular complexity index is 321. The average molecular weight is 249 g/mol. The molecular weight excluding hydrogens is 236 g/mol. The van der Waals surface area contributed by atoms with Crippen LogP contribution in [0.25, 0.3) is 10.4 Å². The maximum absolute atomic E-state index is 12.0. The lowest BCUT2D eigenvalue weighted by Gasteiger charge is -2.15. The number of carbonyl (C=O) groups is 1. The highest BCUT2D eigenvalue weighted by Crippen LogP contribution is 2.31. The van der Waals surface area contributed by atoms with Gasteiger partial charge in [-0.25, -0.2) is 8.78 Å². The fourth-order valence-corrected chi connectivity index (χ4v) is 1.90. The summed E-state index contributed by atoms with van der Waals surface area (Å²) in [5.41, 5.74) is 8.34. The molecule has 0 heterocycles. The maximum Gasteiger partial charge on any atom is 0.308 e. The SMILES string of the molecule is COC(=O)C1CC(N=[N+]=[N-])[C@@H](OCC(F)F)C1. The lowest BCUT2D eigenvalue weighted by Crippen LogP contribution is -2.23. The Hall–Kier alpha value is -1.40. The van der Waals surface area contributed by atoms with Gasteiger partial charge in [0.05, 0.1) is 25.2 Å². The number of hydrogen-bond donors (Lipinski definition) is 0. The van der Waals surface area contributed by atoms with Crippen molar-refractivity contribution in [1.29, 1.82) is 0 Å². The molecule has 0 radical (unpaired) electrons. The second-order valence-electron chi connectivity index (χ2n) is 3.73. The first-order chi connectivity index (χ1) is 8.08. The van der Waals surface area contributed by atoms with Crippen molar-refractivity contribution in [2.45, 2.75) is 31.4 Å². The van der Waals surface area contributed by atoms with Crippen molar-refractivity contribution in [3.05, 3.63) is 10.4 Å². The summed E-state index contributed by atoms with van der Waals surface area (Å²) in [6, 6.07) is -0.595. The molecule has 0 aromatic carbocycles. The highest BCUT2D eigenvalue weighted by Gasteiger charge is 2.39. The number of alkyl halides is 2. The van der Waals surface area contributed by atoms with E-state index in [-0.39, 0.29) is 12.8 Å². The molecular formula is C9H13F2N3O3. The highest BCUT2D eigenvalue weighted by molar-refractivity contribution is 5.72. The van der Waals surface area contributed by atoms with E-state index in [4.69, 9.17) is 10.3 Å². The van der Waals surface area contributed by atoms with Crippen LogP contribution in [0.1, 0.15) is 12.8 Å². The standard InChI is InChI=1S/C9H13F2N3O3/c1-16-9(15)5-2-6(13-14-12)7(3-5)17-4-8(10)11/h5-8H,2-4H2,1H3/t5?,6?,7-/m0/s1. The predicted molar refractivity (Wildman–Crippen MR) is 53.4 cm³/mol. The Labute approximate surface area is 96.5 Å². The number of hydrogen-bond acceptors (Lipinski definition) is 4. The third-order valence-electron chi connectivity index (χ3n) is 2.64. The summed E-state index contributed by atoms with van der Waals surface area (Å²) in [6.07, 6.45) is -2.73. The van der Waals surface area contributed by atoms with Crippen molar-refractivity contribution in [2.24, 2.45) is 11.0 Å². The molecule has 1 aliphatic carbocycles. The number of esters is 1. The molecule has 1 saturated carbocycles. The van der Waals surface area contributed by atoms with E-state index >= 15 is 0 Å². The zero-order valence-corrected chi connectivity index (χ0v) is 9.25. The van der Waals surface area contributed by atoms with Crippen molar-refractivity contribution < 1.29 is 23.0 Å². The summed E-state index contributed by atoms with van der Waals surface area (Å²) < 4.78 is 33.5. The lowest BCUT2D eigenvalue weighted by molar-refractivity contribution is -0.145.